The summed E-state index contributed by atoms with van der Waals surface area (Å²) in [4.78, 5) is 39.2. The Balaban J connectivity index is 1.66. The molecule has 172 valence electrons. The van der Waals surface area contributed by atoms with Crippen LogP contribution in [0.25, 0.3) is 0 Å². The lowest BCUT2D eigenvalue weighted by Gasteiger charge is -2.09. The second-order valence-corrected chi connectivity index (χ2v) is 9.81. The van der Waals surface area contributed by atoms with Crippen LogP contribution in [0.3, 0.4) is 0 Å². The number of anilines is 2. The SMILES string of the molecule is CCCC(=O)Nc1cccc(SCC(=O)Nc2sc3c(c2C(=O)OCC)CCCCC3)c1. The third-order valence-corrected chi connectivity index (χ3v) is 7.32. The predicted molar refractivity (Wildman–Crippen MR) is 131 cm³/mol. The zero-order chi connectivity index (χ0) is 22.9. The van der Waals surface area contributed by atoms with Gasteiger partial charge in [0.2, 0.25) is 11.8 Å². The van der Waals surface area contributed by atoms with Crippen LogP contribution in [0.4, 0.5) is 10.7 Å². The maximum absolute atomic E-state index is 12.7. The van der Waals surface area contributed by atoms with Crippen LogP contribution in [-0.2, 0) is 27.2 Å². The maximum atomic E-state index is 12.7. The first-order valence-corrected chi connectivity index (χ1v) is 13.0. The normalized spacial score (nSPS) is 13.1. The summed E-state index contributed by atoms with van der Waals surface area (Å²) in [6.07, 6.45) is 6.36. The third-order valence-electron chi connectivity index (χ3n) is 5.12. The van der Waals surface area contributed by atoms with Crippen molar-refractivity contribution in [3.8, 4) is 0 Å². The van der Waals surface area contributed by atoms with E-state index >= 15 is 0 Å². The van der Waals surface area contributed by atoms with Gasteiger partial charge in [-0.05, 0) is 62.8 Å². The molecule has 0 bridgehead atoms. The Labute approximate surface area is 197 Å². The van der Waals surface area contributed by atoms with Gasteiger partial charge in [-0.1, -0.05) is 19.4 Å². The molecule has 1 heterocycles. The molecule has 0 aliphatic heterocycles. The molecule has 0 saturated heterocycles. The number of thiophene rings is 1. The molecule has 1 aliphatic rings. The summed E-state index contributed by atoms with van der Waals surface area (Å²) < 4.78 is 5.28. The number of ether oxygens (including phenoxy) is 1. The number of benzene rings is 1. The quantitative estimate of drug-likeness (QED) is 0.278. The number of hydrogen-bond donors (Lipinski definition) is 2. The van der Waals surface area contributed by atoms with Gasteiger partial charge in [0.1, 0.15) is 5.00 Å². The van der Waals surface area contributed by atoms with Crippen LogP contribution < -0.4 is 10.6 Å². The van der Waals surface area contributed by atoms with Gasteiger partial charge in [0, 0.05) is 21.9 Å². The molecule has 2 aromatic rings. The molecule has 32 heavy (non-hydrogen) atoms. The summed E-state index contributed by atoms with van der Waals surface area (Å²) >= 11 is 2.89. The van der Waals surface area contributed by atoms with E-state index in [0.29, 0.717) is 23.6 Å². The Kier molecular flexibility index (Phi) is 9.17. The second kappa shape index (κ2) is 12.1. The van der Waals surface area contributed by atoms with E-state index in [-0.39, 0.29) is 23.5 Å². The lowest BCUT2D eigenvalue weighted by Crippen LogP contribution is -2.16. The van der Waals surface area contributed by atoms with Gasteiger partial charge in [-0.2, -0.15) is 0 Å². The van der Waals surface area contributed by atoms with E-state index in [1.54, 1.807) is 6.92 Å². The molecule has 8 heteroatoms. The fourth-order valence-electron chi connectivity index (χ4n) is 3.68. The summed E-state index contributed by atoms with van der Waals surface area (Å²) in [7, 11) is 0. The van der Waals surface area contributed by atoms with Crippen LogP contribution in [0, 0.1) is 0 Å². The van der Waals surface area contributed by atoms with Gasteiger partial charge in [-0.15, -0.1) is 23.1 Å². The van der Waals surface area contributed by atoms with Gasteiger partial charge in [-0.3, -0.25) is 9.59 Å². The Hall–Kier alpha value is -2.32. The van der Waals surface area contributed by atoms with Crippen molar-refractivity contribution < 1.29 is 19.1 Å². The summed E-state index contributed by atoms with van der Waals surface area (Å²) in [6.45, 7) is 4.05. The minimum absolute atomic E-state index is 0.0173. The van der Waals surface area contributed by atoms with Crippen molar-refractivity contribution in [2.75, 3.05) is 23.0 Å². The molecule has 3 rings (SSSR count). The first-order chi connectivity index (χ1) is 15.5. The fourth-order valence-corrected chi connectivity index (χ4v) is 5.72. The number of rotatable bonds is 9. The maximum Gasteiger partial charge on any atom is 0.341 e. The summed E-state index contributed by atoms with van der Waals surface area (Å²) in [6, 6.07) is 7.47. The number of aryl methyl sites for hydroxylation is 1. The average molecular weight is 475 g/mol. The number of carbonyl (C=O) groups excluding carboxylic acids is 3. The van der Waals surface area contributed by atoms with E-state index in [1.165, 1.54) is 28.0 Å². The molecule has 0 saturated carbocycles. The molecule has 1 aromatic heterocycles. The van der Waals surface area contributed by atoms with Gasteiger partial charge in [0.15, 0.2) is 0 Å². The number of hydrogen-bond acceptors (Lipinski definition) is 6. The molecule has 1 aliphatic carbocycles. The molecule has 0 fully saturated rings. The minimum Gasteiger partial charge on any atom is -0.462 e. The number of fused-ring (bicyclic) bond motifs is 1. The molecular formula is C24H30N2O4S2. The van der Waals surface area contributed by atoms with E-state index in [9.17, 15) is 14.4 Å². The van der Waals surface area contributed by atoms with Crippen LogP contribution in [-0.4, -0.2) is 30.1 Å². The third kappa shape index (κ3) is 6.59. The van der Waals surface area contributed by atoms with Crippen molar-refractivity contribution in [3.63, 3.8) is 0 Å². The Morgan fingerprint density at radius 1 is 1.06 bits per heavy atom. The van der Waals surface area contributed by atoms with E-state index < -0.39 is 0 Å². The molecule has 0 unspecified atom stereocenters. The van der Waals surface area contributed by atoms with Gasteiger partial charge in [-0.25, -0.2) is 4.79 Å². The van der Waals surface area contributed by atoms with Crippen LogP contribution >= 0.6 is 23.1 Å². The van der Waals surface area contributed by atoms with E-state index in [0.717, 1.165) is 54.7 Å². The molecule has 1 aromatic carbocycles. The number of esters is 1. The van der Waals surface area contributed by atoms with E-state index in [4.69, 9.17) is 4.74 Å². The minimum atomic E-state index is -0.356. The first-order valence-electron chi connectivity index (χ1n) is 11.2. The van der Waals surface area contributed by atoms with Crippen LogP contribution in [0.15, 0.2) is 29.2 Å². The molecule has 6 nitrogen and oxygen atoms in total. The van der Waals surface area contributed by atoms with Gasteiger partial charge >= 0.3 is 5.97 Å². The number of thioether (sulfide) groups is 1. The predicted octanol–water partition coefficient (Wildman–Crippen LogP) is 5.66. The fraction of sp³-hybridized carbons (Fsp3) is 0.458. The number of amides is 2. The zero-order valence-corrected chi connectivity index (χ0v) is 20.3. The summed E-state index contributed by atoms with van der Waals surface area (Å²) in [5.41, 5.74) is 2.30. The highest BCUT2D eigenvalue weighted by Crippen LogP contribution is 2.38. The monoisotopic (exact) mass is 474 g/mol. The highest BCUT2D eigenvalue weighted by molar-refractivity contribution is 8.00. The van der Waals surface area contributed by atoms with E-state index in [2.05, 4.69) is 10.6 Å². The number of nitrogens with one attached hydrogen (secondary N) is 2. The van der Waals surface area contributed by atoms with E-state index in [1.807, 2.05) is 31.2 Å². The first kappa shape index (κ1) is 24.3. The Morgan fingerprint density at radius 2 is 1.88 bits per heavy atom. The largest absolute Gasteiger partial charge is 0.462 e. The lowest BCUT2D eigenvalue weighted by atomic mass is 10.1. The smallest absolute Gasteiger partial charge is 0.341 e. The van der Waals surface area contributed by atoms with Crippen molar-refractivity contribution in [2.24, 2.45) is 0 Å². The molecule has 2 N–H and O–H groups in total. The summed E-state index contributed by atoms with van der Waals surface area (Å²) in [5, 5.41) is 6.42. The van der Waals surface area contributed by atoms with Crippen molar-refractivity contribution in [1.82, 2.24) is 0 Å². The van der Waals surface area contributed by atoms with Crippen molar-refractivity contribution in [1.29, 1.82) is 0 Å². The Morgan fingerprint density at radius 3 is 2.66 bits per heavy atom. The average Bonchev–Trinajstić information content (AvgIpc) is 2.93. The van der Waals surface area contributed by atoms with Crippen LogP contribution in [0.2, 0.25) is 0 Å². The molecule has 0 spiro atoms. The zero-order valence-electron chi connectivity index (χ0n) is 18.6. The summed E-state index contributed by atoms with van der Waals surface area (Å²) in [5.74, 6) is -0.337. The van der Waals surface area contributed by atoms with Crippen molar-refractivity contribution in [2.45, 2.75) is 63.7 Å². The second-order valence-electron chi connectivity index (χ2n) is 7.65. The number of carbonyl (C=O) groups is 3. The highest BCUT2D eigenvalue weighted by atomic mass is 32.2. The van der Waals surface area contributed by atoms with Gasteiger partial charge in [0.25, 0.3) is 0 Å². The van der Waals surface area contributed by atoms with Crippen molar-refractivity contribution in [3.05, 3.63) is 40.3 Å². The highest BCUT2D eigenvalue weighted by Gasteiger charge is 2.26. The molecular weight excluding hydrogens is 444 g/mol. The molecule has 0 atom stereocenters. The lowest BCUT2D eigenvalue weighted by molar-refractivity contribution is -0.116. The van der Waals surface area contributed by atoms with Crippen LogP contribution in [0.5, 0.6) is 0 Å². The standard InChI is InChI=1S/C24H30N2O4S2/c1-3-9-20(27)25-16-10-8-11-17(14-16)31-15-21(28)26-23-22(24(29)30-4-2)18-12-6-5-7-13-19(18)32-23/h8,10-11,14H,3-7,9,12-13,15H2,1-2H3,(H,25,27)(H,26,28). The van der Waals surface area contributed by atoms with Crippen LogP contribution in [0.1, 0.15) is 66.8 Å². The van der Waals surface area contributed by atoms with Gasteiger partial charge in [0.05, 0.1) is 17.9 Å². The molecule has 2 amide bonds. The van der Waals surface area contributed by atoms with Crippen molar-refractivity contribution >= 4 is 51.6 Å². The topological polar surface area (TPSA) is 84.5 Å². The van der Waals surface area contributed by atoms with Gasteiger partial charge < -0.3 is 15.4 Å². The molecule has 0 radical (unpaired) electrons. The Bertz CT molecular complexity index is 971.